The zero-order chi connectivity index (χ0) is 18.4. The number of nitrogens with one attached hydrogen (secondary N) is 1. The monoisotopic (exact) mass is 341 g/mol. The lowest BCUT2D eigenvalue weighted by Gasteiger charge is -2.27. The van der Waals surface area contributed by atoms with Crippen molar-refractivity contribution < 1.29 is 9.53 Å². The van der Waals surface area contributed by atoms with Crippen molar-refractivity contribution in [3.8, 4) is 5.75 Å². The Kier molecular flexibility index (Phi) is 6.46. The minimum Gasteiger partial charge on any atom is -0.496 e. The SMILES string of the molecule is CCCC(C)C(=O)NCC(C)(C)Cc1ccc2ccccc2c1OC. The molecule has 0 aliphatic heterocycles. The van der Waals surface area contributed by atoms with Crippen LogP contribution in [0.3, 0.4) is 0 Å². The first kappa shape index (κ1) is 19.3. The smallest absolute Gasteiger partial charge is 0.222 e. The Hall–Kier alpha value is -2.03. The van der Waals surface area contributed by atoms with Crippen molar-refractivity contribution in [2.45, 2.75) is 47.0 Å². The number of methoxy groups -OCH3 is 1. The van der Waals surface area contributed by atoms with E-state index in [4.69, 9.17) is 4.74 Å². The number of fused-ring (bicyclic) bond motifs is 1. The Morgan fingerprint density at radius 1 is 1.20 bits per heavy atom. The van der Waals surface area contributed by atoms with Gasteiger partial charge in [0.05, 0.1) is 7.11 Å². The Bertz CT molecular complexity index is 721. The number of hydrogen-bond donors (Lipinski definition) is 1. The van der Waals surface area contributed by atoms with Gasteiger partial charge < -0.3 is 10.1 Å². The van der Waals surface area contributed by atoms with Crippen molar-refractivity contribution in [2.75, 3.05) is 13.7 Å². The number of rotatable bonds is 8. The van der Waals surface area contributed by atoms with Crippen LogP contribution < -0.4 is 10.1 Å². The molecule has 1 atom stereocenters. The molecule has 136 valence electrons. The maximum absolute atomic E-state index is 12.2. The van der Waals surface area contributed by atoms with Gasteiger partial charge in [0.2, 0.25) is 5.91 Å². The van der Waals surface area contributed by atoms with E-state index in [1.165, 1.54) is 10.9 Å². The van der Waals surface area contributed by atoms with Crippen molar-refractivity contribution in [3.05, 3.63) is 42.0 Å². The summed E-state index contributed by atoms with van der Waals surface area (Å²) in [5.74, 6) is 1.17. The molecule has 0 aromatic heterocycles. The predicted octanol–water partition coefficient (Wildman–Crippen LogP) is 4.97. The molecule has 3 heteroatoms. The molecule has 1 N–H and O–H groups in total. The van der Waals surface area contributed by atoms with Gasteiger partial charge in [0.25, 0.3) is 0 Å². The molecule has 0 bridgehead atoms. The van der Waals surface area contributed by atoms with Gasteiger partial charge in [-0.05, 0) is 29.2 Å². The molecule has 0 aliphatic carbocycles. The van der Waals surface area contributed by atoms with Gasteiger partial charge in [-0.15, -0.1) is 0 Å². The van der Waals surface area contributed by atoms with Crippen molar-refractivity contribution >= 4 is 16.7 Å². The lowest BCUT2D eigenvalue weighted by atomic mass is 9.84. The molecule has 0 heterocycles. The molecule has 0 saturated carbocycles. The Morgan fingerprint density at radius 2 is 1.92 bits per heavy atom. The summed E-state index contributed by atoms with van der Waals surface area (Å²) in [6.45, 7) is 9.15. The number of carbonyl (C=O) groups excluding carboxylic acids is 1. The van der Waals surface area contributed by atoms with Gasteiger partial charge in [-0.1, -0.05) is 70.5 Å². The van der Waals surface area contributed by atoms with Crippen LogP contribution in [0, 0.1) is 11.3 Å². The van der Waals surface area contributed by atoms with E-state index in [9.17, 15) is 4.79 Å². The highest BCUT2D eigenvalue weighted by atomic mass is 16.5. The summed E-state index contributed by atoms with van der Waals surface area (Å²) in [5, 5.41) is 5.44. The van der Waals surface area contributed by atoms with Gasteiger partial charge in [-0.3, -0.25) is 4.79 Å². The van der Waals surface area contributed by atoms with Crippen LogP contribution in [0.15, 0.2) is 36.4 Å². The molecule has 0 aliphatic rings. The standard InChI is InChI=1S/C22H31NO2/c1-6-9-16(2)21(24)23-15-22(3,4)14-18-13-12-17-10-7-8-11-19(17)20(18)25-5/h7-8,10-13,16H,6,9,14-15H2,1-5H3,(H,23,24). The maximum Gasteiger partial charge on any atom is 0.222 e. The van der Waals surface area contributed by atoms with Crippen LogP contribution in [0.2, 0.25) is 0 Å². The normalized spacial score (nSPS) is 12.8. The summed E-state index contributed by atoms with van der Waals surface area (Å²) < 4.78 is 5.71. The number of amides is 1. The molecular formula is C22H31NO2. The van der Waals surface area contributed by atoms with Crippen molar-refractivity contribution in [2.24, 2.45) is 11.3 Å². The molecule has 2 rings (SSSR count). The predicted molar refractivity (Wildman–Crippen MR) is 105 cm³/mol. The molecule has 0 radical (unpaired) electrons. The Labute approximate surface area is 151 Å². The molecule has 2 aromatic rings. The van der Waals surface area contributed by atoms with Gasteiger partial charge in [-0.25, -0.2) is 0 Å². The molecule has 0 spiro atoms. The summed E-state index contributed by atoms with van der Waals surface area (Å²) in [6, 6.07) is 12.6. The van der Waals surface area contributed by atoms with Crippen LogP contribution in [0.5, 0.6) is 5.75 Å². The second-order valence-corrected chi connectivity index (χ2v) is 7.73. The second-order valence-electron chi connectivity index (χ2n) is 7.73. The zero-order valence-corrected chi connectivity index (χ0v) is 16.2. The van der Waals surface area contributed by atoms with Crippen LogP contribution in [-0.2, 0) is 11.2 Å². The van der Waals surface area contributed by atoms with Gasteiger partial charge in [0.1, 0.15) is 5.75 Å². The second kappa shape index (κ2) is 8.37. The minimum atomic E-state index is -0.0443. The molecule has 0 saturated heterocycles. The summed E-state index contributed by atoms with van der Waals surface area (Å²) >= 11 is 0. The van der Waals surface area contributed by atoms with E-state index in [-0.39, 0.29) is 17.2 Å². The highest BCUT2D eigenvalue weighted by molar-refractivity contribution is 5.89. The van der Waals surface area contributed by atoms with E-state index >= 15 is 0 Å². The Morgan fingerprint density at radius 3 is 2.60 bits per heavy atom. The first-order chi connectivity index (χ1) is 11.9. The van der Waals surface area contributed by atoms with Crippen LogP contribution in [0.25, 0.3) is 10.8 Å². The number of benzene rings is 2. The number of carbonyl (C=O) groups is 1. The molecular weight excluding hydrogens is 310 g/mol. The fraction of sp³-hybridized carbons (Fsp3) is 0.500. The topological polar surface area (TPSA) is 38.3 Å². The van der Waals surface area contributed by atoms with Gasteiger partial charge >= 0.3 is 0 Å². The molecule has 3 nitrogen and oxygen atoms in total. The van der Waals surface area contributed by atoms with E-state index < -0.39 is 0 Å². The third kappa shape index (κ3) is 4.97. The summed E-state index contributed by atoms with van der Waals surface area (Å²) in [4.78, 5) is 12.2. The minimum absolute atomic E-state index is 0.0443. The van der Waals surface area contributed by atoms with Crippen LogP contribution in [-0.4, -0.2) is 19.6 Å². The molecule has 1 amide bonds. The third-order valence-corrected chi connectivity index (χ3v) is 4.74. The van der Waals surface area contributed by atoms with Crippen molar-refractivity contribution in [1.29, 1.82) is 0 Å². The van der Waals surface area contributed by atoms with Crippen LogP contribution >= 0.6 is 0 Å². The van der Waals surface area contributed by atoms with Crippen LogP contribution in [0.1, 0.15) is 46.1 Å². The van der Waals surface area contributed by atoms with E-state index in [2.05, 4.69) is 50.4 Å². The molecule has 1 unspecified atom stereocenters. The van der Waals surface area contributed by atoms with E-state index in [1.807, 2.05) is 19.1 Å². The molecule has 2 aromatic carbocycles. The largest absolute Gasteiger partial charge is 0.496 e. The summed E-state index contributed by atoms with van der Waals surface area (Å²) in [5.41, 5.74) is 1.14. The number of ether oxygens (including phenoxy) is 1. The zero-order valence-electron chi connectivity index (χ0n) is 16.2. The average Bonchev–Trinajstić information content (AvgIpc) is 2.59. The van der Waals surface area contributed by atoms with Crippen LogP contribution in [0.4, 0.5) is 0 Å². The maximum atomic E-state index is 12.2. The quantitative estimate of drug-likeness (QED) is 0.736. The lowest BCUT2D eigenvalue weighted by molar-refractivity contribution is -0.125. The number of hydrogen-bond acceptors (Lipinski definition) is 2. The van der Waals surface area contributed by atoms with E-state index in [0.29, 0.717) is 6.54 Å². The highest BCUT2D eigenvalue weighted by Crippen LogP contribution is 2.33. The fourth-order valence-electron chi connectivity index (χ4n) is 3.31. The summed E-state index contributed by atoms with van der Waals surface area (Å²) in [6.07, 6.45) is 2.82. The molecule has 0 fully saturated rings. The van der Waals surface area contributed by atoms with E-state index in [0.717, 1.165) is 30.4 Å². The van der Waals surface area contributed by atoms with E-state index in [1.54, 1.807) is 7.11 Å². The highest BCUT2D eigenvalue weighted by Gasteiger charge is 2.23. The average molecular weight is 341 g/mol. The van der Waals surface area contributed by atoms with Crippen molar-refractivity contribution in [1.82, 2.24) is 5.32 Å². The van der Waals surface area contributed by atoms with Gasteiger partial charge in [0.15, 0.2) is 0 Å². The Balaban J connectivity index is 2.12. The lowest BCUT2D eigenvalue weighted by Crippen LogP contribution is -2.38. The van der Waals surface area contributed by atoms with Gasteiger partial charge in [0, 0.05) is 17.8 Å². The third-order valence-electron chi connectivity index (χ3n) is 4.74. The fourth-order valence-corrected chi connectivity index (χ4v) is 3.31. The molecule has 25 heavy (non-hydrogen) atoms. The van der Waals surface area contributed by atoms with Gasteiger partial charge in [-0.2, -0.15) is 0 Å². The summed E-state index contributed by atoms with van der Waals surface area (Å²) in [7, 11) is 1.73. The van der Waals surface area contributed by atoms with Crippen molar-refractivity contribution in [3.63, 3.8) is 0 Å². The first-order valence-electron chi connectivity index (χ1n) is 9.20. The first-order valence-corrected chi connectivity index (χ1v) is 9.20.